The van der Waals surface area contributed by atoms with Crippen LogP contribution in [-0.2, 0) is 6.42 Å². The molecular formula is C24H28ClNO3S. The second kappa shape index (κ2) is 11.3. The molecule has 1 N–H and O–H groups in total. The molecule has 1 fully saturated rings. The fourth-order valence-corrected chi connectivity index (χ4v) is 4.63. The number of nitrogens with zero attached hydrogens (tertiary/aromatic N) is 1. The first-order valence-corrected chi connectivity index (χ1v) is 11.1. The Morgan fingerprint density at radius 3 is 2.57 bits per heavy atom. The van der Waals surface area contributed by atoms with Gasteiger partial charge in [-0.1, -0.05) is 6.42 Å². The van der Waals surface area contributed by atoms with Gasteiger partial charge in [0.1, 0.15) is 23.9 Å². The average Bonchev–Trinajstić information content (AvgIpc) is 3.15. The standard InChI is InChI=1S/C24H27NO3S.ClH/c26-20-6-11-23-19(18-29-24(23)17-20)5-4-15-27-21-7-9-22(10-8-21)28-16-14-25-12-2-1-3-13-25;/h4,6-11,15,17-18,26H,1-3,5,12-14,16H2;1H. The van der Waals surface area contributed by atoms with Crippen molar-refractivity contribution in [3.8, 4) is 17.2 Å². The van der Waals surface area contributed by atoms with E-state index in [0.29, 0.717) is 5.75 Å². The number of rotatable bonds is 8. The molecule has 1 aromatic heterocycles. The van der Waals surface area contributed by atoms with Crippen LogP contribution in [-0.4, -0.2) is 36.2 Å². The van der Waals surface area contributed by atoms with Gasteiger partial charge in [-0.3, -0.25) is 4.90 Å². The summed E-state index contributed by atoms with van der Waals surface area (Å²) in [6.07, 6.45) is 8.52. The summed E-state index contributed by atoms with van der Waals surface area (Å²) in [7, 11) is 0. The molecule has 0 bridgehead atoms. The molecule has 0 radical (unpaired) electrons. The summed E-state index contributed by atoms with van der Waals surface area (Å²) in [5, 5.41) is 12.9. The maximum absolute atomic E-state index is 9.57. The van der Waals surface area contributed by atoms with Gasteiger partial charge in [-0.05, 0) is 97.2 Å². The number of fused-ring (bicyclic) bond motifs is 1. The minimum atomic E-state index is 0. The maximum Gasteiger partial charge on any atom is 0.126 e. The lowest BCUT2D eigenvalue weighted by Gasteiger charge is -2.26. The molecule has 160 valence electrons. The molecule has 2 heterocycles. The van der Waals surface area contributed by atoms with Gasteiger partial charge < -0.3 is 14.6 Å². The van der Waals surface area contributed by atoms with Gasteiger partial charge in [0.15, 0.2) is 0 Å². The van der Waals surface area contributed by atoms with E-state index >= 15 is 0 Å². The molecule has 0 spiro atoms. The topological polar surface area (TPSA) is 41.9 Å². The number of hydrogen-bond acceptors (Lipinski definition) is 5. The SMILES string of the molecule is Cl.Oc1ccc2c(CC=COc3ccc(OCCN4CCCCC4)cc3)csc2c1. The van der Waals surface area contributed by atoms with Crippen molar-refractivity contribution in [1.29, 1.82) is 0 Å². The summed E-state index contributed by atoms with van der Waals surface area (Å²) in [5.74, 6) is 1.99. The molecule has 1 aliphatic heterocycles. The summed E-state index contributed by atoms with van der Waals surface area (Å²) in [6.45, 7) is 4.13. The van der Waals surface area contributed by atoms with Crippen molar-refractivity contribution in [3.63, 3.8) is 0 Å². The number of hydrogen-bond donors (Lipinski definition) is 1. The molecule has 1 saturated heterocycles. The van der Waals surface area contributed by atoms with Crippen LogP contribution in [0.1, 0.15) is 24.8 Å². The number of phenolic OH excluding ortho intramolecular Hbond substituents is 1. The van der Waals surface area contributed by atoms with Crippen molar-refractivity contribution in [3.05, 3.63) is 65.7 Å². The van der Waals surface area contributed by atoms with Gasteiger partial charge >= 0.3 is 0 Å². The van der Waals surface area contributed by atoms with Crippen molar-refractivity contribution in [1.82, 2.24) is 4.90 Å². The Bertz CT molecular complexity index is 949. The van der Waals surface area contributed by atoms with E-state index in [1.54, 1.807) is 29.7 Å². The van der Waals surface area contributed by atoms with Gasteiger partial charge in [-0.2, -0.15) is 0 Å². The van der Waals surface area contributed by atoms with Gasteiger partial charge in [0.25, 0.3) is 0 Å². The molecule has 1 aliphatic rings. The predicted molar refractivity (Wildman–Crippen MR) is 126 cm³/mol. The van der Waals surface area contributed by atoms with E-state index in [4.69, 9.17) is 9.47 Å². The summed E-state index contributed by atoms with van der Waals surface area (Å²) in [6, 6.07) is 13.3. The Morgan fingerprint density at radius 1 is 1.00 bits per heavy atom. The fraction of sp³-hybridized carbons (Fsp3) is 0.333. The molecule has 30 heavy (non-hydrogen) atoms. The van der Waals surface area contributed by atoms with Crippen molar-refractivity contribution in [2.75, 3.05) is 26.2 Å². The Morgan fingerprint density at radius 2 is 1.77 bits per heavy atom. The Labute approximate surface area is 188 Å². The molecule has 0 amide bonds. The van der Waals surface area contributed by atoms with Crippen molar-refractivity contribution < 1.29 is 14.6 Å². The molecule has 3 aromatic rings. The molecule has 2 aromatic carbocycles. The summed E-state index contributed by atoms with van der Waals surface area (Å²) < 4.78 is 12.7. The van der Waals surface area contributed by atoms with Crippen molar-refractivity contribution in [2.24, 2.45) is 0 Å². The third-order valence-electron chi connectivity index (χ3n) is 5.23. The van der Waals surface area contributed by atoms with Crippen molar-refractivity contribution in [2.45, 2.75) is 25.7 Å². The lowest BCUT2D eigenvalue weighted by Crippen LogP contribution is -2.33. The van der Waals surface area contributed by atoms with Crippen molar-refractivity contribution >= 4 is 33.8 Å². The molecule has 0 saturated carbocycles. The lowest BCUT2D eigenvalue weighted by atomic mass is 10.1. The Balaban J connectivity index is 0.00000256. The predicted octanol–water partition coefficient (Wildman–Crippen LogP) is 6.03. The highest BCUT2D eigenvalue weighted by atomic mass is 35.5. The number of aromatic hydroxyl groups is 1. The average molecular weight is 446 g/mol. The summed E-state index contributed by atoms with van der Waals surface area (Å²) >= 11 is 1.65. The number of ether oxygens (including phenoxy) is 2. The highest BCUT2D eigenvalue weighted by Crippen LogP contribution is 2.29. The normalized spacial score (nSPS) is 14.7. The molecule has 0 unspecified atom stereocenters. The van der Waals surface area contributed by atoms with Crippen LogP contribution in [0.3, 0.4) is 0 Å². The van der Waals surface area contributed by atoms with Gasteiger partial charge in [0.2, 0.25) is 0 Å². The number of thiophene rings is 1. The minimum absolute atomic E-state index is 0. The molecular weight excluding hydrogens is 418 g/mol. The fourth-order valence-electron chi connectivity index (χ4n) is 3.62. The highest BCUT2D eigenvalue weighted by Gasteiger charge is 2.09. The smallest absolute Gasteiger partial charge is 0.126 e. The van der Waals surface area contributed by atoms with Gasteiger partial charge in [-0.15, -0.1) is 23.7 Å². The van der Waals surface area contributed by atoms with Crippen LogP contribution in [0.4, 0.5) is 0 Å². The van der Waals surface area contributed by atoms with E-state index in [1.807, 2.05) is 36.4 Å². The number of allylic oxidation sites excluding steroid dienone is 1. The van der Waals surface area contributed by atoms with E-state index in [1.165, 1.54) is 43.3 Å². The highest BCUT2D eigenvalue weighted by molar-refractivity contribution is 7.17. The number of piperidine rings is 1. The summed E-state index contributed by atoms with van der Waals surface area (Å²) in [5.41, 5.74) is 1.24. The van der Waals surface area contributed by atoms with Crippen LogP contribution in [0.15, 0.2) is 60.2 Å². The second-order valence-corrected chi connectivity index (χ2v) is 8.27. The molecule has 0 atom stereocenters. The van der Waals surface area contributed by atoms with Crippen LogP contribution in [0.5, 0.6) is 17.2 Å². The first kappa shape index (κ1) is 22.5. The minimum Gasteiger partial charge on any atom is -0.508 e. The zero-order chi connectivity index (χ0) is 19.9. The van der Waals surface area contributed by atoms with E-state index in [-0.39, 0.29) is 12.4 Å². The number of phenols is 1. The Hall–Kier alpha value is -2.21. The van der Waals surface area contributed by atoms with Gasteiger partial charge in [0.05, 0.1) is 6.26 Å². The van der Waals surface area contributed by atoms with E-state index in [9.17, 15) is 5.11 Å². The van der Waals surface area contributed by atoms with E-state index < -0.39 is 0 Å². The first-order chi connectivity index (χ1) is 14.3. The quantitative estimate of drug-likeness (QED) is 0.430. The Kier molecular flexibility index (Phi) is 8.43. The van der Waals surface area contributed by atoms with Crippen LogP contribution in [0.2, 0.25) is 0 Å². The zero-order valence-corrected chi connectivity index (χ0v) is 18.6. The number of likely N-dealkylation sites (tertiary alicyclic amines) is 1. The van der Waals surface area contributed by atoms with E-state index in [0.717, 1.165) is 35.8 Å². The zero-order valence-electron chi connectivity index (χ0n) is 17.0. The van der Waals surface area contributed by atoms with E-state index in [2.05, 4.69) is 10.3 Å². The van der Waals surface area contributed by atoms with Gasteiger partial charge in [-0.25, -0.2) is 0 Å². The van der Waals surface area contributed by atoms with Crippen LogP contribution >= 0.6 is 23.7 Å². The summed E-state index contributed by atoms with van der Waals surface area (Å²) in [4.78, 5) is 2.48. The first-order valence-electron chi connectivity index (χ1n) is 10.2. The molecule has 4 rings (SSSR count). The molecule has 4 nitrogen and oxygen atoms in total. The third kappa shape index (κ3) is 6.14. The lowest BCUT2D eigenvalue weighted by molar-refractivity contribution is 0.183. The number of benzene rings is 2. The van der Waals surface area contributed by atoms with Gasteiger partial charge in [0, 0.05) is 11.2 Å². The second-order valence-electron chi connectivity index (χ2n) is 7.36. The van der Waals surface area contributed by atoms with Crippen LogP contribution < -0.4 is 9.47 Å². The molecule has 6 heteroatoms. The third-order valence-corrected chi connectivity index (χ3v) is 6.22. The maximum atomic E-state index is 9.57. The monoisotopic (exact) mass is 445 g/mol. The molecule has 0 aliphatic carbocycles. The van der Waals surface area contributed by atoms with Crippen LogP contribution in [0, 0.1) is 0 Å². The number of halogens is 1. The largest absolute Gasteiger partial charge is 0.508 e. The van der Waals surface area contributed by atoms with Crippen LogP contribution in [0.25, 0.3) is 10.1 Å².